The van der Waals surface area contributed by atoms with E-state index in [1.165, 1.54) is 51.3 Å². The van der Waals surface area contributed by atoms with Gasteiger partial charge in [0.1, 0.15) is 5.82 Å². The number of rotatable bonds is 15. The molecular weight excluding hydrogens is 1350 g/mol. The van der Waals surface area contributed by atoms with E-state index in [1.807, 2.05) is 0 Å². The molecule has 0 unspecified atom stereocenters. The molecule has 6 heteroatoms. The van der Waals surface area contributed by atoms with Crippen molar-refractivity contribution >= 4 is 63.7 Å². The Bertz CT molecular complexity index is 5850. The molecular formula is C102H82N4S2. The lowest BCUT2D eigenvalue weighted by atomic mass is 9.85. The minimum absolute atomic E-state index is 0.107. The van der Waals surface area contributed by atoms with Crippen molar-refractivity contribution in [3.05, 3.63) is 399 Å². The van der Waals surface area contributed by atoms with Gasteiger partial charge in [0.05, 0.1) is 27.8 Å². The van der Waals surface area contributed by atoms with Crippen LogP contribution in [0.2, 0.25) is 0 Å². The Morgan fingerprint density at radius 1 is 0.213 bits per heavy atom. The van der Waals surface area contributed by atoms with Gasteiger partial charge in [0.25, 0.3) is 0 Å². The molecule has 0 fully saturated rings. The van der Waals surface area contributed by atoms with Crippen LogP contribution in [0.25, 0.3) is 111 Å². The maximum atomic E-state index is 6.16. The highest BCUT2D eigenvalue weighted by Gasteiger charge is 2.40. The van der Waals surface area contributed by atoms with Gasteiger partial charge in [-0.15, -0.1) is 20.1 Å². The summed E-state index contributed by atoms with van der Waals surface area (Å²) in [5, 5.41) is 4.63. The molecule has 0 atom stereocenters. The molecule has 0 aliphatic heterocycles. The van der Waals surface area contributed by atoms with Crippen LogP contribution in [0.1, 0.15) is 52.7 Å². The van der Waals surface area contributed by atoms with Gasteiger partial charge in [-0.1, -0.05) is 296 Å². The Hall–Kier alpha value is -12.3. The normalized spacial score (nSPS) is 12.5. The second-order valence-electron chi connectivity index (χ2n) is 30.2. The number of hydrogen-bond donors (Lipinski definition) is 0. The first kappa shape index (κ1) is 67.6. The van der Waals surface area contributed by atoms with Gasteiger partial charge in [-0.2, -0.15) is 4.98 Å². The van der Waals surface area contributed by atoms with Gasteiger partial charge in [0, 0.05) is 72.3 Å². The van der Waals surface area contributed by atoms with Gasteiger partial charge >= 0.3 is 0 Å². The SMILES string of the molecule is CC(C)(C)c1ccc2c(c1)c1cc(C(C)(C)C)ccc1n2-c1cc(-c2cc(S(c3ccccc3)(c3cccc(-c4ccccc4)c3)c3cccc(-c4ccccc4)c3)cc(S(c3ccccc3)(c3cccc(-c4ccccc4)c3)c3cccc(-c4ccccc4)c3)c2)nc(-n2c3ccccc3c3ccccc32)n1. The number of nitrogens with zero attached hydrogens (tertiary/aromatic N) is 4. The topological polar surface area (TPSA) is 35.6 Å². The van der Waals surface area contributed by atoms with Gasteiger partial charge in [-0.05, 0) is 194 Å². The average molecular weight is 1430 g/mol. The predicted octanol–water partition coefficient (Wildman–Crippen LogP) is 28.3. The minimum Gasteiger partial charge on any atom is -0.294 e. The molecule has 18 aromatic rings. The van der Waals surface area contributed by atoms with E-state index in [9.17, 15) is 0 Å². The van der Waals surface area contributed by atoms with Crippen LogP contribution in [0, 0.1) is 0 Å². The summed E-state index contributed by atoms with van der Waals surface area (Å²) in [6.07, 6.45) is 0. The van der Waals surface area contributed by atoms with Crippen LogP contribution in [-0.2, 0) is 10.8 Å². The van der Waals surface area contributed by atoms with Gasteiger partial charge < -0.3 is 0 Å². The van der Waals surface area contributed by atoms with Crippen molar-refractivity contribution in [3.8, 4) is 67.5 Å². The Morgan fingerprint density at radius 3 is 0.861 bits per heavy atom. The zero-order valence-corrected chi connectivity index (χ0v) is 63.2. The second-order valence-corrected chi connectivity index (χ2v) is 36.4. The number of aromatic nitrogens is 4. The molecule has 0 bridgehead atoms. The third-order valence-electron chi connectivity index (χ3n) is 21.5. The van der Waals surface area contributed by atoms with Crippen molar-refractivity contribution in [2.45, 2.75) is 91.5 Å². The van der Waals surface area contributed by atoms with E-state index in [0.717, 1.165) is 104 Å². The first-order chi connectivity index (χ1) is 52.8. The van der Waals surface area contributed by atoms with Gasteiger partial charge in [-0.3, -0.25) is 9.13 Å². The lowest BCUT2D eigenvalue weighted by molar-refractivity contribution is 0.590. The van der Waals surface area contributed by atoms with Gasteiger partial charge in [0.15, 0.2) is 0 Å². The van der Waals surface area contributed by atoms with Crippen LogP contribution >= 0.6 is 20.1 Å². The lowest BCUT2D eigenvalue weighted by Gasteiger charge is -2.46. The fraction of sp³-hybridized carbons (Fsp3) is 0.0784. The Balaban J connectivity index is 1.05. The van der Waals surface area contributed by atoms with E-state index in [2.05, 4.69) is 439 Å². The van der Waals surface area contributed by atoms with E-state index in [-0.39, 0.29) is 10.8 Å². The highest BCUT2D eigenvalue weighted by atomic mass is 32.3. The summed E-state index contributed by atoms with van der Waals surface area (Å²) in [5.74, 6) is 1.33. The zero-order chi connectivity index (χ0) is 73.1. The summed E-state index contributed by atoms with van der Waals surface area (Å²) in [7, 11) is -5.26. The zero-order valence-electron chi connectivity index (χ0n) is 61.6. The number of para-hydroxylation sites is 2. The van der Waals surface area contributed by atoms with Crippen molar-refractivity contribution in [1.29, 1.82) is 0 Å². The van der Waals surface area contributed by atoms with Crippen molar-refractivity contribution < 1.29 is 0 Å². The van der Waals surface area contributed by atoms with E-state index < -0.39 is 20.1 Å². The van der Waals surface area contributed by atoms with Gasteiger partial charge in [-0.25, -0.2) is 4.98 Å². The van der Waals surface area contributed by atoms with Crippen LogP contribution < -0.4 is 0 Å². The molecule has 0 spiro atoms. The number of benzene rings is 15. The summed E-state index contributed by atoms with van der Waals surface area (Å²) in [6, 6.07) is 146. The molecule has 3 aromatic heterocycles. The highest BCUT2D eigenvalue weighted by Crippen LogP contribution is 2.78. The lowest BCUT2D eigenvalue weighted by Crippen LogP contribution is -2.11. The monoisotopic (exact) mass is 1430 g/mol. The van der Waals surface area contributed by atoms with Gasteiger partial charge in [0.2, 0.25) is 5.95 Å². The molecule has 15 aromatic carbocycles. The molecule has 0 saturated heterocycles. The summed E-state index contributed by atoms with van der Waals surface area (Å²) in [6.45, 7) is 13.9. The Kier molecular flexibility index (Phi) is 17.2. The molecule has 108 heavy (non-hydrogen) atoms. The molecule has 4 nitrogen and oxygen atoms in total. The smallest absolute Gasteiger partial charge is 0.237 e. The average Bonchev–Trinajstić information content (AvgIpc) is 1.09. The van der Waals surface area contributed by atoms with E-state index in [4.69, 9.17) is 9.97 Å². The quantitative estimate of drug-likeness (QED) is 0.103. The van der Waals surface area contributed by atoms with Crippen molar-refractivity contribution in [1.82, 2.24) is 19.1 Å². The Morgan fingerprint density at radius 2 is 0.509 bits per heavy atom. The molecule has 3 heterocycles. The third kappa shape index (κ3) is 11.9. The molecule has 0 aliphatic rings. The van der Waals surface area contributed by atoms with E-state index >= 15 is 0 Å². The molecule has 522 valence electrons. The molecule has 0 amide bonds. The largest absolute Gasteiger partial charge is 0.294 e. The second kappa shape index (κ2) is 27.5. The minimum atomic E-state index is -2.63. The summed E-state index contributed by atoms with van der Waals surface area (Å²) >= 11 is 0. The fourth-order valence-electron chi connectivity index (χ4n) is 16.1. The summed E-state index contributed by atoms with van der Waals surface area (Å²) in [5.41, 5.74) is 17.4. The van der Waals surface area contributed by atoms with Crippen molar-refractivity contribution in [3.63, 3.8) is 0 Å². The molecule has 0 radical (unpaired) electrons. The van der Waals surface area contributed by atoms with Crippen LogP contribution in [-0.4, -0.2) is 19.1 Å². The fourth-order valence-corrected chi connectivity index (χ4v) is 24.1. The summed E-state index contributed by atoms with van der Waals surface area (Å²) in [4.78, 5) is 21.7. The molecule has 18 rings (SSSR count). The van der Waals surface area contributed by atoms with E-state index in [1.54, 1.807) is 0 Å². The third-order valence-corrected chi connectivity index (χ3v) is 29.2. The first-order valence-electron chi connectivity index (χ1n) is 37.3. The predicted molar refractivity (Wildman–Crippen MR) is 455 cm³/mol. The molecule has 0 aliphatic carbocycles. The van der Waals surface area contributed by atoms with Crippen molar-refractivity contribution in [2.24, 2.45) is 0 Å². The van der Waals surface area contributed by atoms with Crippen LogP contribution in [0.4, 0.5) is 0 Å². The number of fused-ring (bicyclic) bond motifs is 6. The Labute approximate surface area is 636 Å². The molecule has 0 N–H and O–H groups in total. The van der Waals surface area contributed by atoms with E-state index in [0.29, 0.717) is 5.95 Å². The van der Waals surface area contributed by atoms with Crippen LogP contribution in [0.3, 0.4) is 0 Å². The molecule has 0 saturated carbocycles. The standard InChI is InChI=1S/C102H82N4S2/c1-101(2,3)80-57-59-97-92(67-80)93-68-81(102(4,5)6)58-60-98(93)105(97)99-70-94(103-100(104-99)106-95-55-27-25-53-90(95)91-54-26-28-56-96(91)106)79-65-88(107(82-45-21-11-22-46-82,84-49-29-41-75(61-84)71-33-13-7-14-34-71)85-50-30-42-76(62-85)72-35-15-8-16-36-72)69-89(66-79)108(83-47-23-12-24-48-83,86-51-31-43-77(63-86)73-37-17-9-18-38-73)87-52-32-44-78(64-87)74-39-19-10-20-40-74/h7-70H,1-6H3. The highest BCUT2D eigenvalue weighted by molar-refractivity contribution is 8.34. The maximum absolute atomic E-state index is 6.16. The van der Waals surface area contributed by atoms with Crippen LogP contribution in [0.15, 0.2) is 427 Å². The number of hydrogen-bond acceptors (Lipinski definition) is 2. The summed E-state index contributed by atoms with van der Waals surface area (Å²) < 4.78 is 4.73. The maximum Gasteiger partial charge on any atom is 0.237 e. The first-order valence-corrected chi connectivity index (χ1v) is 40.6. The van der Waals surface area contributed by atoms with Crippen LogP contribution in [0.5, 0.6) is 0 Å². The van der Waals surface area contributed by atoms with Crippen molar-refractivity contribution in [2.75, 3.05) is 0 Å².